The standard InChI is InChI=1S/C13H18BrNO3/c1-16-10-4-3-9(13(17-2)11(10)14)12(15)8-5-6-18-7-8/h3-4,8,12H,5-7,15H2,1-2H3. The van der Waals surface area contributed by atoms with Crippen LogP contribution in [0, 0.1) is 5.92 Å². The van der Waals surface area contributed by atoms with E-state index < -0.39 is 0 Å². The number of halogens is 1. The van der Waals surface area contributed by atoms with Crippen LogP contribution in [0.1, 0.15) is 18.0 Å². The Morgan fingerprint density at radius 2 is 2.17 bits per heavy atom. The van der Waals surface area contributed by atoms with Crippen LogP contribution in [0.15, 0.2) is 16.6 Å². The predicted molar refractivity (Wildman–Crippen MR) is 73.1 cm³/mol. The summed E-state index contributed by atoms with van der Waals surface area (Å²) < 4.78 is 16.9. The molecule has 0 saturated carbocycles. The van der Waals surface area contributed by atoms with E-state index in [1.54, 1.807) is 14.2 Å². The van der Waals surface area contributed by atoms with Crippen molar-refractivity contribution in [3.63, 3.8) is 0 Å². The molecule has 18 heavy (non-hydrogen) atoms. The van der Waals surface area contributed by atoms with Gasteiger partial charge in [-0.2, -0.15) is 0 Å². The molecule has 4 nitrogen and oxygen atoms in total. The number of benzene rings is 1. The minimum Gasteiger partial charge on any atom is -0.495 e. The zero-order valence-electron chi connectivity index (χ0n) is 10.6. The summed E-state index contributed by atoms with van der Waals surface area (Å²) in [7, 11) is 3.27. The molecule has 1 aliphatic heterocycles. The van der Waals surface area contributed by atoms with Gasteiger partial charge in [-0.25, -0.2) is 0 Å². The lowest BCUT2D eigenvalue weighted by atomic mass is 9.92. The van der Waals surface area contributed by atoms with Crippen molar-refractivity contribution in [2.45, 2.75) is 12.5 Å². The van der Waals surface area contributed by atoms with E-state index in [0.29, 0.717) is 12.5 Å². The number of hydrogen-bond donors (Lipinski definition) is 1. The highest BCUT2D eigenvalue weighted by Crippen LogP contribution is 2.41. The number of nitrogens with two attached hydrogens (primary N) is 1. The van der Waals surface area contributed by atoms with Crippen LogP contribution in [0.2, 0.25) is 0 Å². The molecular formula is C13H18BrNO3. The molecule has 2 atom stereocenters. The fraction of sp³-hybridized carbons (Fsp3) is 0.538. The first-order valence-electron chi connectivity index (χ1n) is 5.92. The average molecular weight is 316 g/mol. The maximum atomic E-state index is 6.32. The Hall–Kier alpha value is -0.780. The Morgan fingerprint density at radius 1 is 1.39 bits per heavy atom. The van der Waals surface area contributed by atoms with Crippen LogP contribution >= 0.6 is 15.9 Å². The van der Waals surface area contributed by atoms with Gasteiger partial charge in [-0.3, -0.25) is 0 Å². The lowest BCUT2D eigenvalue weighted by Crippen LogP contribution is -2.22. The highest BCUT2D eigenvalue weighted by atomic mass is 79.9. The molecule has 5 heteroatoms. The maximum absolute atomic E-state index is 6.32. The number of methoxy groups -OCH3 is 2. The van der Waals surface area contributed by atoms with Crippen LogP contribution in [0.3, 0.4) is 0 Å². The number of rotatable bonds is 4. The van der Waals surface area contributed by atoms with Gasteiger partial charge in [-0.1, -0.05) is 0 Å². The Kier molecular flexibility index (Phi) is 4.48. The van der Waals surface area contributed by atoms with Crippen LogP contribution < -0.4 is 15.2 Å². The quantitative estimate of drug-likeness (QED) is 0.927. The van der Waals surface area contributed by atoms with Gasteiger partial charge in [0, 0.05) is 24.1 Å². The number of hydrogen-bond acceptors (Lipinski definition) is 4. The summed E-state index contributed by atoms with van der Waals surface area (Å²) in [4.78, 5) is 0. The van der Waals surface area contributed by atoms with Crippen molar-refractivity contribution in [2.24, 2.45) is 11.7 Å². The number of ether oxygens (including phenoxy) is 3. The highest BCUT2D eigenvalue weighted by Gasteiger charge is 2.27. The van der Waals surface area contributed by atoms with E-state index in [1.807, 2.05) is 12.1 Å². The smallest absolute Gasteiger partial charge is 0.141 e. The Bertz CT molecular complexity index is 419. The molecule has 2 rings (SSSR count). The summed E-state index contributed by atoms with van der Waals surface area (Å²) in [6.45, 7) is 1.51. The Balaban J connectivity index is 2.34. The third-order valence-corrected chi connectivity index (χ3v) is 4.10. The topological polar surface area (TPSA) is 53.7 Å². The van der Waals surface area contributed by atoms with Crippen LogP contribution in [0.5, 0.6) is 11.5 Å². The zero-order chi connectivity index (χ0) is 13.1. The molecule has 2 unspecified atom stereocenters. The summed E-state index contributed by atoms with van der Waals surface area (Å²) in [6, 6.07) is 3.79. The van der Waals surface area contributed by atoms with E-state index in [0.717, 1.165) is 34.6 Å². The van der Waals surface area contributed by atoms with Gasteiger partial charge >= 0.3 is 0 Å². The molecule has 1 heterocycles. The molecule has 0 amide bonds. The third-order valence-electron chi connectivity index (χ3n) is 3.35. The van der Waals surface area contributed by atoms with Gasteiger partial charge in [0.1, 0.15) is 16.0 Å². The van der Waals surface area contributed by atoms with Crippen molar-refractivity contribution in [2.75, 3.05) is 27.4 Å². The second-order valence-corrected chi connectivity index (χ2v) is 5.15. The van der Waals surface area contributed by atoms with Crippen LogP contribution in [-0.2, 0) is 4.74 Å². The van der Waals surface area contributed by atoms with E-state index in [4.69, 9.17) is 19.9 Å². The molecule has 1 aliphatic rings. The lowest BCUT2D eigenvalue weighted by molar-refractivity contribution is 0.180. The summed E-state index contributed by atoms with van der Waals surface area (Å²) in [5.74, 6) is 1.83. The Labute approximate surface area is 116 Å². The van der Waals surface area contributed by atoms with E-state index in [1.165, 1.54) is 0 Å². The van der Waals surface area contributed by atoms with Gasteiger partial charge in [0.05, 0.1) is 20.8 Å². The molecule has 0 radical (unpaired) electrons. The fourth-order valence-corrected chi connectivity index (χ4v) is 2.96. The van der Waals surface area contributed by atoms with Crippen molar-refractivity contribution in [1.82, 2.24) is 0 Å². The maximum Gasteiger partial charge on any atom is 0.141 e. The molecule has 100 valence electrons. The Morgan fingerprint density at radius 3 is 2.72 bits per heavy atom. The second kappa shape index (κ2) is 5.91. The molecule has 0 aliphatic carbocycles. The van der Waals surface area contributed by atoms with E-state index in [-0.39, 0.29) is 6.04 Å². The minimum atomic E-state index is -0.0790. The predicted octanol–water partition coefficient (Wildman–Crippen LogP) is 2.50. The first kappa shape index (κ1) is 13.6. The average Bonchev–Trinajstić information content (AvgIpc) is 2.91. The van der Waals surface area contributed by atoms with Gasteiger partial charge < -0.3 is 19.9 Å². The SMILES string of the molecule is COc1ccc(C(N)C2CCOC2)c(OC)c1Br. The molecule has 1 fully saturated rings. The first-order valence-corrected chi connectivity index (χ1v) is 6.72. The van der Waals surface area contributed by atoms with Gasteiger partial charge in [0.15, 0.2) is 0 Å². The summed E-state index contributed by atoms with van der Waals surface area (Å²) >= 11 is 3.49. The third kappa shape index (κ3) is 2.48. The van der Waals surface area contributed by atoms with Crippen molar-refractivity contribution >= 4 is 15.9 Å². The monoisotopic (exact) mass is 315 g/mol. The largest absolute Gasteiger partial charge is 0.495 e. The minimum absolute atomic E-state index is 0.0790. The fourth-order valence-electron chi connectivity index (χ4n) is 2.27. The second-order valence-electron chi connectivity index (χ2n) is 4.35. The van der Waals surface area contributed by atoms with Crippen molar-refractivity contribution in [1.29, 1.82) is 0 Å². The van der Waals surface area contributed by atoms with Gasteiger partial charge in [-0.15, -0.1) is 0 Å². The first-order chi connectivity index (χ1) is 8.69. The van der Waals surface area contributed by atoms with E-state index in [2.05, 4.69) is 15.9 Å². The lowest BCUT2D eigenvalue weighted by Gasteiger charge is -2.22. The molecule has 2 N–H and O–H groups in total. The van der Waals surface area contributed by atoms with Crippen molar-refractivity contribution < 1.29 is 14.2 Å². The summed E-state index contributed by atoms with van der Waals surface area (Å²) in [5, 5.41) is 0. The normalized spacial score (nSPS) is 20.8. The molecular weight excluding hydrogens is 298 g/mol. The van der Waals surface area contributed by atoms with Gasteiger partial charge in [0.25, 0.3) is 0 Å². The summed E-state index contributed by atoms with van der Waals surface area (Å²) in [6.07, 6.45) is 0.994. The summed E-state index contributed by atoms with van der Waals surface area (Å²) in [5.41, 5.74) is 7.30. The highest BCUT2D eigenvalue weighted by molar-refractivity contribution is 9.10. The van der Waals surface area contributed by atoms with E-state index >= 15 is 0 Å². The molecule has 1 saturated heterocycles. The zero-order valence-corrected chi connectivity index (χ0v) is 12.2. The molecule has 1 aromatic carbocycles. The van der Waals surface area contributed by atoms with Crippen LogP contribution in [0.4, 0.5) is 0 Å². The van der Waals surface area contributed by atoms with Crippen molar-refractivity contribution in [3.8, 4) is 11.5 Å². The van der Waals surface area contributed by atoms with E-state index in [9.17, 15) is 0 Å². The van der Waals surface area contributed by atoms with Crippen LogP contribution in [-0.4, -0.2) is 27.4 Å². The van der Waals surface area contributed by atoms with Gasteiger partial charge in [-0.05, 0) is 34.5 Å². The molecule has 0 aromatic heterocycles. The van der Waals surface area contributed by atoms with Crippen molar-refractivity contribution in [3.05, 3.63) is 22.2 Å². The molecule has 0 spiro atoms. The van der Waals surface area contributed by atoms with Gasteiger partial charge in [0.2, 0.25) is 0 Å². The van der Waals surface area contributed by atoms with Crippen LogP contribution in [0.25, 0.3) is 0 Å². The molecule has 0 bridgehead atoms. The molecule has 1 aromatic rings.